The molecule has 3 amide bonds. The van der Waals surface area contributed by atoms with E-state index in [9.17, 15) is 24.3 Å². The number of furan rings is 1. The Morgan fingerprint density at radius 1 is 1.41 bits per heavy atom. The fourth-order valence-corrected chi connectivity index (χ4v) is 4.51. The molecule has 0 aromatic carbocycles. The number of urea groups is 1. The number of nitrogens with one attached hydrogen (secondary N) is 2. The summed E-state index contributed by atoms with van der Waals surface area (Å²) < 4.78 is 9.97. The number of nitrogens with zero attached hydrogens (tertiary/aromatic N) is 1. The van der Waals surface area contributed by atoms with E-state index in [1.54, 1.807) is 6.07 Å². The molecule has 3 heterocycles. The third kappa shape index (κ3) is 4.20. The number of fused-ring (bicyclic) bond motifs is 1. The van der Waals surface area contributed by atoms with Gasteiger partial charge in [-0.1, -0.05) is 0 Å². The molecular weight excluding hydrogens is 426 g/mol. The number of carbonyl (C=O) groups excluding carboxylic acids is 3. The first-order valence-electron chi connectivity index (χ1n) is 8.54. The highest BCUT2D eigenvalue weighted by atomic mass is 35.5. The lowest BCUT2D eigenvalue weighted by atomic mass is 10.0. The first kappa shape index (κ1) is 21.1. The van der Waals surface area contributed by atoms with Crippen LogP contribution in [0, 0.1) is 0 Å². The average Bonchev–Trinajstić information content (AvgIpc) is 3.17. The van der Waals surface area contributed by atoms with Crippen molar-refractivity contribution in [2.24, 2.45) is 0 Å². The summed E-state index contributed by atoms with van der Waals surface area (Å²) in [4.78, 5) is 48.8. The van der Waals surface area contributed by atoms with E-state index in [0.29, 0.717) is 17.1 Å². The molecule has 0 bridgehead atoms. The second-order valence-electron chi connectivity index (χ2n) is 6.17. The Hall–Kier alpha value is -2.66. The van der Waals surface area contributed by atoms with Gasteiger partial charge < -0.3 is 24.9 Å². The van der Waals surface area contributed by atoms with Gasteiger partial charge in [0.05, 0.1) is 7.11 Å². The van der Waals surface area contributed by atoms with Crippen molar-refractivity contribution in [3.63, 3.8) is 0 Å². The number of β-lactam (4-membered cyclic amide) rings is 1. The van der Waals surface area contributed by atoms with Crippen LogP contribution in [0.5, 0.6) is 0 Å². The van der Waals surface area contributed by atoms with Gasteiger partial charge in [0.2, 0.25) is 5.76 Å². The number of hydrogen-bond acceptors (Lipinski definition) is 7. The number of amides is 3. The first-order valence-corrected chi connectivity index (χ1v) is 10.1. The van der Waals surface area contributed by atoms with Gasteiger partial charge in [0.25, 0.3) is 5.91 Å². The van der Waals surface area contributed by atoms with Crippen LogP contribution >= 0.6 is 23.4 Å². The highest BCUT2D eigenvalue weighted by Gasteiger charge is 2.54. The molecular formula is C17H18ClN3O7S. The Bertz CT molecular complexity index is 884. The van der Waals surface area contributed by atoms with Crippen molar-refractivity contribution in [3.8, 4) is 0 Å². The van der Waals surface area contributed by atoms with E-state index in [2.05, 4.69) is 15.4 Å². The zero-order chi connectivity index (χ0) is 21.1. The Labute approximate surface area is 174 Å². The third-order valence-corrected chi connectivity index (χ3v) is 5.88. The van der Waals surface area contributed by atoms with E-state index in [0.717, 1.165) is 0 Å². The lowest BCUT2D eigenvalue weighted by Crippen LogP contribution is -2.71. The molecule has 12 heteroatoms. The maximum Gasteiger partial charge on any atom is 0.373 e. The van der Waals surface area contributed by atoms with E-state index in [1.165, 1.54) is 29.8 Å². The predicted octanol–water partition coefficient (Wildman–Crippen LogP) is 0.769. The van der Waals surface area contributed by atoms with Crippen molar-refractivity contribution in [2.45, 2.75) is 17.8 Å². The van der Waals surface area contributed by atoms with Crippen LogP contribution in [0.1, 0.15) is 16.3 Å². The molecule has 0 radical (unpaired) electrons. The molecule has 1 aromatic rings. The largest absolute Gasteiger partial charge is 0.477 e. The number of alkyl halides is 1. The molecule has 156 valence electrons. The summed E-state index contributed by atoms with van der Waals surface area (Å²) in [7, 11) is 1.23. The van der Waals surface area contributed by atoms with Crippen molar-refractivity contribution in [3.05, 3.63) is 34.9 Å². The fraction of sp³-hybridized carbons (Fsp3) is 0.412. The molecule has 2 atom stereocenters. The van der Waals surface area contributed by atoms with Crippen molar-refractivity contribution < 1.29 is 33.4 Å². The van der Waals surface area contributed by atoms with Crippen LogP contribution in [0.3, 0.4) is 0 Å². The smallest absolute Gasteiger partial charge is 0.373 e. The predicted molar refractivity (Wildman–Crippen MR) is 103 cm³/mol. The van der Waals surface area contributed by atoms with Gasteiger partial charge in [-0.25, -0.2) is 14.4 Å². The number of carboxylic acid groups (broad SMARTS) is 1. The number of carbonyl (C=O) groups is 4. The Morgan fingerprint density at radius 3 is 2.83 bits per heavy atom. The summed E-state index contributed by atoms with van der Waals surface area (Å²) >= 11 is 6.85. The summed E-state index contributed by atoms with van der Waals surface area (Å²) in [5.41, 5.74) is 0.344. The molecule has 1 saturated heterocycles. The van der Waals surface area contributed by atoms with Gasteiger partial charge in [-0.05, 0) is 17.7 Å². The molecule has 1 fully saturated rings. The van der Waals surface area contributed by atoms with Gasteiger partial charge >= 0.3 is 18.0 Å². The normalized spacial score (nSPS) is 20.6. The number of rotatable bonds is 7. The second-order valence-corrected chi connectivity index (χ2v) is 7.65. The fourth-order valence-electron chi connectivity index (χ4n) is 3.07. The number of hydrogen-bond donors (Lipinski definition) is 3. The molecule has 2 aliphatic heterocycles. The van der Waals surface area contributed by atoms with Gasteiger partial charge in [0.15, 0.2) is 0 Å². The summed E-state index contributed by atoms with van der Waals surface area (Å²) in [6.45, 7) is 0.247. The lowest BCUT2D eigenvalue weighted by molar-refractivity contribution is -0.148. The van der Waals surface area contributed by atoms with Crippen LogP contribution < -0.4 is 10.6 Å². The maximum atomic E-state index is 12.5. The Morgan fingerprint density at radius 2 is 2.17 bits per heavy atom. The minimum Gasteiger partial charge on any atom is -0.477 e. The quantitative estimate of drug-likeness (QED) is 0.319. The topological polar surface area (TPSA) is 138 Å². The van der Waals surface area contributed by atoms with Gasteiger partial charge in [-0.3, -0.25) is 9.69 Å². The number of carboxylic acids is 1. The minimum absolute atomic E-state index is 0.00793. The monoisotopic (exact) mass is 443 g/mol. The number of halogens is 1. The highest BCUT2D eigenvalue weighted by Crippen LogP contribution is 2.41. The van der Waals surface area contributed by atoms with Crippen molar-refractivity contribution >= 4 is 47.2 Å². The molecule has 10 nitrogen and oxygen atoms in total. The average molecular weight is 444 g/mol. The van der Waals surface area contributed by atoms with Gasteiger partial charge in [-0.2, -0.15) is 0 Å². The first-order chi connectivity index (χ1) is 13.9. The molecule has 1 aromatic heterocycles. The van der Waals surface area contributed by atoms with Crippen LogP contribution in [-0.2, 0) is 20.7 Å². The summed E-state index contributed by atoms with van der Waals surface area (Å²) in [6.07, 6.45) is 0.121. The van der Waals surface area contributed by atoms with Crippen LogP contribution in [0.2, 0.25) is 0 Å². The molecule has 0 unspecified atom stereocenters. The third-order valence-electron chi connectivity index (χ3n) is 4.35. The molecule has 3 rings (SSSR count). The number of methoxy groups -OCH3 is 1. The van der Waals surface area contributed by atoms with Gasteiger partial charge in [-0.15, -0.1) is 23.4 Å². The van der Waals surface area contributed by atoms with Crippen LogP contribution in [0.4, 0.5) is 4.79 Å². The van der Waals surface area contributed by atoms with Crippen LogP contribution in [-0.4, -0.2) is 70.6 Å². The van der Waals surface area contributed by atoms with E-state index < -0.39 is 35.3 Å². The summed E-state index contributed by atoms with van der Waals surface area (Å²) in [5, 5.41) is 14.2. The SMILES string of the molecule is COC(=O)c1ccc(CC2=C(C(=O)O)N3C(=O)[C@@H](NC(=O)NCCCl)[C@@H]3SC2)o1. The number of esters is 1. The van der Waals surface area contributed by atoms with Crippen molar-refractivity contribution in [2.75, 3.05) is 25.3 Å². The Balaban J connectivity index is 1.75. The summed E-state index contributed by atoms with van der Waals surface area (Å²) in [5.74, 6) is -1.45. The zero-order valence-electron chi connectivity index (χ0n) is 15.3. The van der Waals surface area contributed by atoms with Crippen molar-refractivity contribution in [1.82, 2.24) is 15.5 Å². The minimum atomic E-state index is -1.25. The zero-order valence-corrected chi connectivity index (χ0v) is 16.8. The molecule has 0 aliphatic carbocycles. The summed E-state index contributed by atoms with van der Waals surface area (Å²) in [6, 6.07) is 1.64. The van der Waals surface area contributed by atoms with Gasteiger partial charge in [0, 0.05) is 24.6 Å². The van der Waals surface area contributed by atoms with Crippen LogP contribution in [0.15, 0.2) is 27.8 Å². The molecule has 0 saturated carbocycles. The number of aliphatic carboxylic acids is 1. The van der Waals surface area contributed by atoms with Gasteiger partial charge in [0.1, 0.15) is 22.9 Å². The number of ether oxygens (including phenoxy) is 1. The molecule has 29 heavy (non-hydrogen) atoms. The van der Waals surface area contributed by atoms with E-state index in [4.69, 9.17) is 16.0 Å². The molecule has 2 aliphatic rings. The Kier molecular flexibility index (Phi) is 6.38. The highest BCUT2D eigenvalue weighted by molar-refractivity contribution is 8.00. The van der Waals surface area contributed by atoms with E-state index in [-0.39, 0.29) is 30.3 Å². The standard InChI is InChI=1S/C17H18ClN3O7S/c1-27-16(25)10-3-2-9(28-10)6-8-7-29-14-11(20-17(26)19-5-4-18)13(22)21(14)12(8)15(23)24/h2-3,11,14H,4-7H2,1H3,(H,23,24)(H2,19,20,26)/t11-,14+/m1/s1. The van der Waals surface area contributed by atoms with Crippen LogP contribution in [0.25, 0.3) is 0 Å². The lowest BCUT2D eigenvalue weighted by Gasteiger charge is -2.49. The second kappa shape index (κ2) is 8.78. The maximum absolute atomic E-state index is 12.5. The van der Waals surface area contributed by atoms with E-state index in [1.807, 2.05) is 0 Å². The number of thioether (sulfide) groups is 1. The van der Waals surface area contributed by atoms with E-state index >= 15 is 0 Å². The molecule has 0 spiro atoms. The van der Waals surface area contributed by atoms with Crippen molar-refractivity contribution in [1.29, 1.82) is 0 Å². The molecule has 3 N–H and O–H groups in total.